The van der Waals surface area contributed by atoms with E-state index in [0.29, 0.717) is 5.92 Å². The minimum Gasteiger partial charge on any atom is -0.259 e. The lowest BCUT2D eigenvalue weighted by molar-refractivity contribution is 0.628. The van der Waals surface area contributed by atoms with Crippen molar-refractivity contribution >= 4 is 5.71 Å². The molecule has 0 fully saturated rings. The Hall–Kier alpha value is -1.37. The standard InChI is InChI=1S/C18H27N/c1-4-6-8-9-10-12-18-15-17(11-7-5-2)14-13-16(3)19-18/h5,7,11,13-15,17H,2,4,6,8-10,12H2,1,3H3/b11-7+. The van der Waals surface area contributed by atoms with Gasteiger partial charge >= 0.3 is 0 Å². The molecular formula is C18H27N. The summed E-state index contributed by atoms with van der Waals surface area (Å²) < 4.78 is 0. The Balaban J connectivity index is 2.52. The monoisotopic (exact) mass is 257 g/mol. The topological polar surface area (TPSA) is 12.4 Å². The number of allylic oxidation sites excluding steroid dienone is 7. The maximum atomic E-state index is 4.68. The van der Waals surface area contributed by atoms with Gasteiger partial charge in [0.2, 0.25) is 0 Å². The van der Waals surface area contributed by atoms with Crippen molar-refractivity contribution in [3.63, 3.8) is 0 Å². The van der Waals surface area contributed by atoms with E-state index in [1.165, 1.54) is 37.8 Å². The second kappa shape index (κ2) is 9.55. The first-order valence-electron chi connectivity index (χ1n) is 7.49. The average molecular weight is 257 g/mol. The van der Waals surface area contributed by atoms with Gasteiger partial charge in [0, 0.05) is 17.3 Å². The van der Waals surface area contributed by atoms with E-state index in [2.05, 4.69) is 49.7 Å². The summed E-state index contributed by atoms with van der Waals surface area (Å²) in [4.78, 5) is 4.68. The van der Waals surface area contributed by atoms with Gasteiger partial charge in [-0.2, -0.15) is 0 Å². The average Bonchev–Trinajstić information content (AvgIpc) is 2.58. The highest BCUT2D eigenvalue weighted by Gasteiger charge is 2.04. The molecule has 104 valence electrons. The van der Waals surface area contributed by atoms with Gasteiger partial charge in [0.25, 0.3) is 0 Å². The predicted molar refractivity (Wildman–Crippen MR) is 86.5 cm³/mol. The van der Waals surface area contributed by atoms with Crippen molar-refractivity contribution < 1.29 is 0 Å². The molecule has 1 heteroatoms. The molecule has 0 N–H and O–H groups in total. The molecule has 0 saturated heterocycles. The van der Waals surface area contributed by atoms with Crippen LogP contribution in [0.5, 0.6) is 0 Å². The molecule has 1 rings (SSSR count). The van der Waals surface area contributed by atoms with Gasteiger partial charge < -0.3 is 0 Å². The lowest BCUT2D eigenvalue weighted by Crippen LogP contribution is -1.89. The number of aliphatic imine (C=N–C) groups is 1. The normalized spacial score (nSPS) is 19.2. The van der Waals surface area contributed by atoms with E-state index < -0.39 is 0 Å². The van der Waals surface area contributed by atoms with E-state index in [1.807, 2.05) is 12.2 Å². The summed E-state index contributed by atoms with van der Waals surface area (Å²) in [6, 6.07) is 0. The number of unbranched alkanes of at least 4 members (excludes halogenated alkanes) is 4. The Morgan fingerprint density at radius 3 is 2.79 bits per heavy atom. The van der Waals surface area contributed by atoms with Gasteiger partial charge in [-0.25, -0.2) is 0 Å². The van der Waals surface area contributed by atoms with Crippen LogP contribution in [0.25, 0.3) is 0 Å². The molecular weight excluding hydrogens is 230 g/mol. The first-order chi connectivity index (χ1) is 9.26. The Morgan fingerprint density at radius 1 is 1.26 bits per heavy atom. The van der Waals surface area contributed by atoms with Gasteiger partial charge in [-0.3, -0.25) is 4.99 Å². The smallest absolute Gasteiger partial charge is 0.0376 e. The van der Waals surface area contributed by atoms with Crippen LogP contribution in [0.3, 0.4) is 0 Å². The first kappa shape index (κ1) is 15.7. The first-order valence-corrected chi connectivity index (χ1v) is 7.49. The second-order valence-electron chi connectivity index (χ2n) is 5.13. The van der Waals surface area contributed by atoms with Gasteiger partial charge in [0.1, 0.15) is 0 Å². The third-order valence-electron chi connectivity index (χ3n) is 3.27. The van der Waals surface area contributed by atoms with E-state index in [-0.39, 0.29) is 0 Å². The van der Waals surface area contributed by atoms with Crippen molar-refractivity contribution in [2.75, 3.05) is 0 Å². The van der Waals surface area contributed by atoms with Gasteiger partial charge in [-0.1, -0.05) is 69.6 Å². The lowest BCUT2D eigenvalue weighted by atomic mass is 10.0. The second-order valence-corrected chi connectivity index (χ2v) is 5.13. The molecule has 1 heterocycles. The highest BCUT2D eigenvalue weighted by atomic mass is 14.8. The van der Waals surface area contributed by atoms with Crippen molar-refractivity contribution in [1.82, 2.24) is 0 Å². The quantitative estimate of drug-likeness (QED) is 0.395. The molecule has 1 unspecified atom stereocenters. The van der Waals surface area contributed by atoms with Crippen molar-refractivity contribution in [3.05, 3.63) is 48.7 Å². The van der Waals surface area contributed by atoms with Crippen LogP contribution in [0, 0.1) is 5.92 Å². The summed E-state index contributed by atoms with van der Waals surface area (Å²) in [5.41, 5.74) is 2.34. The molecule has 0 bridgehead atoms. The van der Waals surface area contributed by atoms with Gasteiger partial charge in [0.15, 0.2) is 0 Å². The number of rotatable bonds is 8. The van der Waals surface area contributed by atoms with E-state index in [1.54, 1.807) is 0 Å². The van der Waals surface area contributed by atoms with Crippen LogP contribution in [-0.4, -0.2) is 5.71 Å². The van der Waals surface area contributed by atoms with Gasteiger partial charge in [-0.05, 0) is 25.8 Å². The molecule has 0 aliphatic carbocycles. The highest BCUT2D eigenvalue weighted by Crippen LogP contribution is 2.19. The summed E-state index contributed by atoms with van der Waals surface area (Å²) >= 11 is 0. The van der Waals surface area contributed by atoms with Crippen molar-refractivity contribution in [1.29, 1.82) is 0 Å². The van der Waals surface area contributed by atoms with Crippen LogP contribution in [0.15, 0.2) is 53.7 Å². The minimum absolute atomic E-state index is 0.352. The molecule has 1 aliphatic rings. The predicted octanol–water partition coefficient (Wildman–Crippen LogP) is 5.62. The lowest BCUT2D eigenvalue weighted by Gasteiger charge is -2.04. The van der Waals surface area contributed by atoms with Crippen LogP contribution in [-0.2, 0) is 0 Å². The fourth-order valence-electron chi connectivity index (χ4n) is 2.20. The molecule has 0 radical (unpaired) electrons. The molecule has 1 aliphatic heterocycles. The third kappa shape index (κ3) is 6.95. The van der Waals surface area contributed by atoms with Crippen molar-refractivity contribution in [2.45, 2.75) is 52.4 Å². The molecule has 0 aromatic heterocycles. The summed E-state index contributed by atoms with van der Waals surface area (Å²) in [6.45, 7) is 8.04. The largest absolute Gasteiger partial charge is 0.259 e. The maximum Gasteiger partial charge on any atom is 0.0376 e. The number of hydrogen-bond donors (Lipinski definition) is 0. The molecule has 0 spiro atoms. The molecule has 1 atom stereocenters. The van der Waals surface area contributed by atoms with Crippen LogP contribution < -0.4 is 0 Å². The van der Waals surface area contributed by atoms with Crippen LogP contribution in [0.2, 0.25) is 0 Å². The summed E-state index contributed by atoms with van der Waals surface area (Å²) in [6.07, 6.45) is 20.2. The van der Waals surface area contributed by atoms with Gasteiger partial charge in [0.05, 0.1) is 0 Å². The Kier molecular flexibility index (Phi) is 7.88. The number of nitrogens with zero attached hydrogens (tertiary/aromatic N) is 1. The molecule has 0 aromatic carbocycles. The SMILES string of the molecule is C=C/C=C/C1C=CC(C)=NC(CCCCCCC)=C1. The Labute approximate surface area is 118 Å². The van der Waals surface area contributed by atoms with E-state index in [9.17, 15) is 0 Å². The fourth-order valence-corrected chi connectivity index (χ4v) is 2.20. The van der Waals surface area contributed by atoms with Crippen LogP contribution >= 0.6 is 0 Å². The minimum atomic E-state index is 0.352. The maximum absolute atomic E-state index is 4.68. The Bertz CT molecular complexity index is 382. The van der Waals surface area contributed by atoms with Crippen LogP contribution in [0.4, 0.5) is 0 Å². The zero-order valence-corrected chi connectivity index (χ0v) is 12.4. The zero-order chi connectivity index (χ0) is 13.9. The van der Waals surface area contributed by atoms with E-state index in [4.69, 9.17) is 0 Å². The van der Waals surface area contributed by atoms with Crippen LogP contribution in [0.1, 0.15) is 52.4 Å². The van der Waals surface area contributed by atoms with Gasteiger partial charge in [-0.15, -0.1) is 0 Å². The third-order valence-corrected chi connectivity index (χ3v) is 3.27. The van der Waals surface area contributed by atoms with Crippen molar-refractivity contribution in [3.8, 4) is 0 Å². The van der Waals surface area contributed by atoms with Crippen molar-refractivity contribution in [2.24, 2.45) is 10.9 Å². The molecule has 0 saturated carbocycles. The molecule has 0 amide bonds. The molecule has 0 aromatic rings. The molecule has 1 nitrogen and oxygen atoms in total. The van der Waals surface area contributed by atoms with E-state index >= 15 is 0 Å². The zero-order valence-electron chi connectivity index (χ0n) is 12.4. The van der Waals surface area contributed by atoms with E-state index in [0.717, 1.165) is 12.1 Å². The summed E-state index contributed by atoms with van der Waals surface area (Å²) in [5, 5.41) is 0. The fraction of sp³-hybridized carbons (Fsp3) is 0.500. The molecule has 19 heavy (non-hydrogen) atoms. The Morgan fingerprint density at radius 2 is 2.05 bits per heavy atom. The summed E-state index contributed by atoms with van der Waals surface area (Å²) in [7, 11) is 0. The number of hydrogen-bond acceptors (Lipinski definition) is 1. The highest BCUT2D eigenvalue weighted by molar-refractivity contribution is 5.93. The summed E-state index contributed by atoms with van der Waals surface area (Å²) in [5.74, 6) is 0.352.